The van der Waals surface area contributed by atoms with E-state index in [4.69, 9.17) is 14.6 Å². The van der Waals surface area contributed by atoms with Crippen molar-refractivity contribution in [2.75, 3.05) is 20.8 Å². The van der Waals surface area contributed by atoms with Gasteiger partial charge in [0.05, 0.1) is 12.6 Å². The summed E-state index contributed by atoms with van der Waals surface area (Å²) in [7, 11) is 2.97. The van der Waals surface area contributed by atoms with Gasteiger partial charge in [0.2, 0.25) is 5.91 Å². The molecule has 0 aromatic heterocycles. The molecular formula is C11H21NO4. The molecule has 0 aromatic rings. The summed E-state index contributed by atoms with van der Waals surface area (Å²) in [6.45, 7) is 3.78. The van der Waals surface area contributed by atoms with Gasteiger partial charge in [-0.1, -0.05) is 13.8 Å². The topological polar surface area (TPSA) is 67.8 Å². The zero-order chi connectivity index (χ0) is 12.6. The molecule has 0 aliphatic heterocycles. The standard InChI is InChI=1S/C11H21NO4/c1-8(2)9(7-13)12-10(14)5-6-11(15-3)16-4/h5-6,8-9,11,13H,7H2,1-4H3,(H,12,14)/b6-5-/t9-/m1/s1. The van der Waals surface area contributed by atoms with Gasteiger partial charge >= 0.3 is 0 Å². The Bertz CT molecular complexity index is 224. The van der Waals surface area contributed by atoms with Gasteiger partial charge in [0.25, 0.3) is 0 Å². The van der Waals surface area contributed by atoms with Gasteiger partial charge in [-0.2, -0.15) is 0 Å². The van der Waals surface area contributed by atoms with Crippen LogP contribution in [0, 0.1) is 5.92 Å². The van der Waals surface area contributed by atoms with E-state index in [0.717, 1.165) is 0 Å². The summed E-state index contributed by atoms with van der Waals surface area (Å²) < 4.78 is 9.78. The Labute approximate surface area is 96.4 Å². The molecule has 5 nitrogen and oxygen atoms in total. The third-order valence-electron chi connectivity index (χ3n) is 2.20. The van der Waals surface area contributed by atoms with Crippen LogP contribution >= 0.6 is 0 Å². The van der Waals surface area contributed by atoms with Crippen LogP contribution in [0.1, 0.15) is 13.8 Å². The number of amides is 1. The summed E-state index contributed by atoms with van der Waals surface area (Å²) >= 11 is 0. The molecule has 0 aliphatic rings. The van der Waals surface area contributed by atoms with E-state index < -0.39 is 6.29 Å². The number of ether oxygens (including phenoxy) is 2. The van der Waals surface area contributed by atoms with E-state index in [1.54, 1.807) is 0 Å². The number of aliphatic hydroxyl groups is 1. The van der Waals surface area contributed by atoms with Crippen molar-refractivity contribution >= 4 is 5.91 Å². The van der Waals surface area contributed by atoms with Crippen LogP contribution in [-0.4, -0.2) is 44.2 Å². The van der Waals surface area contributed by atoms with Crippen LogP contribution in [0.4, 0.5) is 0 Å². The van der Waals surface area contributed by atoms with Gasteiger partial charge in [-0.3, -0.25) is 4.79 Å². The minimum atomic E-state index is -0.530. The van der Waals surface area contributed by atoms with Crippen LogP contribution in [0.15, 0.2) is 12.2 Å². The van der Waals surface area contributed by atoms with Crippen molar-refractivity contribution < 1.29 is 19.4 Å². The first-order chi connectivity index (χ1) is 7.54. The van der Waals surface area contributed by atoms with Crippen molar-refractivity contribution in [1.29, 1.82) is 0 Å². The molecule has 5 heteroatoms. The van der Waals surface area contributed by atoms with Crippen molar-refractivity contribution in [2.24, 2.45) is 5.92 Å². The monoisotopic (exact) mass is 231 g/mol. The molecule has 16 heavy (non-hydrogen) atoms. The average molecular weight is 231 g/mol. The van der Waals surface area contributed by atoms with Crippen molar-refractivity contribution in [2.45, 2.75) is 26.2 Å². The molecule has 0 spiro atoms. The molecule has 0 saturated carbocycles. The van der Waals surface area contributed by atoms with Gasteiger partial charge in [0.1, 0.15) is 0 Å². The molecule has 94 valence electrons. The maximum absolute atomic E-state index is 11.4. The molecule has 2 N–H and O–H groups in total. The van der Waals surface area contributed by atoms with E-state index in [1.807, 2.05) is 13.8 Å². The third-order valence-corrected chi connectivity index (χ3v) is 2.20. The molecule has 0 bridgehead atoms. The number of rotatable bonds is 7. The maximum atomic E-state index is 11.4. The largest absolute Gasteiger partial charge is 0.394 e. The molecule has 0 heterocycles. The van der Waals surface area contributed by atoms with Crippen LogP contribution < -0.4 is 5.32 Å². The number of nitrogens with one attached hydrogen (secondary N) is 1. The van der Waals surface area contributed by atoms with E-state index in [9.17, 15) is 4.79 Å². The lowest BCUT2D eigenvalue weighted by atomic mass is 10.1. The Hall–Kier alpha value is -0.910. The molecular weight excluding hydrogens is 210 g/mol. The molecule has 0 radical (unpaired) electrons. The normalized spacial score (nSPS) is 13.7. The molecule has 0 saturated heterocycles. The minimum Gasteiger partial charge on any atom is -0.394 e. The van der Waals surface area contributed by atoms with Gasteiger partial charge in [0.15, 0.2) is 6.29 Å². The van der Waals surface area contributed by atoms with Crippen LogP contribution in [-0.2, 0) is 14.3 Å². The molecule has 0 aliphatic carbocycles. The molecule has 0 unspecified atom stereocenters. The molecule has 0 rings (SSSR count). The summed E-state index contributed by atoms with van der Waals surface area (Å²) in [6.07, 6.45) is 2.31. The van der Waals surface area contributed by atoms with E-state index in [2.05, 4.69) is 5.32 Å². The Balaban J connectivity index is 4.15. The number of hydrogen-bond donors (Lipinski definition) is 2. The lowest BCUT2D eigenvalue weighted by Crippen LogP contribution is -2.40. The Morgan fingerprint density at radius 1 is 1.38 bits per heavy atom. The first-order valence-electron chi connectivity index (χ1n) is 5.20. The zero-order valence-corrected chi connectivity index (χ0v) is 10.3. The van der Waals surface area contributed by atoms with Crippen molar-refractivity contribution in [1.82, 2.24) is 5.32 Å². The molecule has 1 amide bonds. The summed E-state index contributed by atoms with van der Waals surface area (Å²) in [5.74, 6) is -0.0881. The highest BCUT2D eigenvalue weighted by atomic mass is 16.7. The second kappa shape index (κ2) is 8.27. The molecule has 0 fully saturated rings. The Morgan fingerprint density at radius 2 is 1.94 bits per heavy atom. The average Bonchev–Trinajstić information content (AvgIpc) is 2.26. The van der Waals surface area contributed by atoms with Crippen LogP contribution in [0.3, 0.4) is 0 Å². The second-order valence-electron chi connectivity index (χ2n) is 3.74. The number of aliphatic hydroxyl groups excluding tert-OH is 1. The van der Waals surface area contributed by atoms with Crippen LogP contribution in [0.25, 0.3) is 0 Å². The third kappa shape index (κ3) is 5.85. The van der Waals surface area contributed by atoms with E-state index in [1.165, 1.54) is 26.4 Å². The lowest BCUT2D eigenvalue weighted by molar-refractivity contribution is -0.118. The highest BCUT2D eigenvalue weighted by Crippen LogP contribution is 2.00. The Kier molecular flexibility index (Phi) is 7.80. The number of carbonyl (C=O) groups excluding carboxylic acids is 1. The second-order valence-corrected chi connectivity index (χ2v) is 3.74. The van der Waals surface area contributed by atoms with Crippen molar-refractivity contribution in [3.05, 3.63) is 12.2 Å². The molecule has 0 aromatic carbocycles. The van der Waals surface area contributed by atoms with Gasteiger partial charge in [-0.15, -0.1) is 0 Å². The van der Waals surface area contributed by atoms with Crippen molar-refractivity contribution in [3.8, 4) is 0 Å². The first kappa shape index (κ1) is 15.1. The van der Waals surface area contributed by atoms with Gasteiger partial charge in [0, 0.05) is 20.3 Å². The first-order valence-corrected chi connectivity index (χ1v) is 5.20. The zero-order valence-electron chi connectivity index (χ0n) is 10.3. The summed E-state index contributed by atoms with van der Waals surface area (Å²) in [5.41, 5.74) is 0. The predicted molar refractivity (Wildman–Crippen MR) is 60.8 cm³/mol. The quantitative estimate of drug-likeness (QED) is 0.488. The van der Waals surface area contributed by atoms with E-state index in [-0.39, 0.29) is 24.5 Å². The summed E-state index contributed by atoms with van der Waals surface area (Å²) in [5, 5.41) is 11.7. The van der Waals surface area contributed by atoms with E-state index >= 15 is 0 Å². The summed E-state index contributed by atoms with van der Waals surface area (Å²) in [4.78, 5) is 11.4. The van der Waals surface area contributed by atoms with Crippen LogP contribution in [0.2, 0.25) is 0 Å². The Morgan fingerprint density at radius 3 is 2.31 bits per heavy atom. The van der Waals surface area contributed by atoms with Crippen molar-refractivity contribution in [3.63, 3.8) is 0 Å². The number of carbonyl (C=O) groups is 1. The van der Waals surface area contributed by atoms with Gasteiger partial charge in [-0.25, -0.2) is 0 Å². The lowest BCUT2D eigenvalue weighted by Gasteiger charge is -2.18. The highest BCUT2D eigenvalue weighted by molar-refractivity contribution is 5.87. The SMILES string of the molecule is COC(/C=C\C(=O)N[C@H](CO)C(C)C)OC. The fraction of sp³-hybridized carbons (Fsp3) is 0.727. The van der Waals surface area contributed by atoms with Gasteiger partial charge in [-0.05, 0) is 12.0 Å². The van der Waals surface area contributed by atoms with E-state index in [0.29, 0.717) is 0 Å². The van der Waals surface area contributed by atoms with Crippen LogP contribution in [0.5, 0.6) is 0 Å². The summed E-state index contributed by atoms with van der Waals surface area (Å²) in [6, 6.07) is -0.235. The highest BCUT2D eigenvalue weighted by Gasteiger charge is 2.13. The number of hydrogen-bond acceptors (Lipinski definition) is 4. The fourth-order valence-electron chi connectivity index (χ4n) is 1.07. The minimum absolute atomic E-state index is 0.0742. The maximum Gasteiger partial charge on any atom is 0.244 e. The smallest absolute Gasteiger partial charge is 0.244 e. The molecule has 1 atom stereocenters. The number of methoxy groups -OCH3 is 2. The van der Waals surface area contributed by atoms with Gasteiger partial charge < -0.3 is 19.9 Å². The fourth-order valence-corrected chi connectivity index (χ4v) is 1.07. The predicted octanol–water partition coefficient (Wildman–Crippen LogP) is 0.295.